The Morgan fingerprint density at radius 1 is 1.60 bits per heavy atom. The number of hydrogen-bond donors (Lipinski definition) is 0. The Kier molecular flexibility index (Phi) is 7.25. The van der Waals surface area contributed by atoms with E-state index in [2.05, 4.69) is 15.9 Å². The van der Waals surface area contributed by atoms with Crippen LogP contribution in [0.25, 0.3) is 0 Å². The van der Waals surface area contributed by atoms with Crippen molar-refractivity contribution in [3.8, 4) is 12.3 Å². The molecule has 0 aromatic heterocycles. The van der Waals surface area contributed by atoms with E-state index in [0.717, 1.165) is 25.7 Å². The molecule has 0 rings (SSSR count). The fourth-order valence-corrected chi connectivity index (χ4v) is 0.590. The molecule has 10 heavy (non-hydrogen) atoms. The first-order chi connectivity index (χ1) is 4.91. The molecule has 0 aromatic carbocycles. The van der Waals surface area contributed by atoms with E-state index in [1.807, 2.05) is 0 Å². The summed E-state index contributed by atoms with van der Waals surface area (Å²) in [5, 5.41) is 3.59. The van der Waals surface area contributed by atoms with Gasteiger partial charge in [-0.15, -0.1) is 12.3 Å². The summed E-state index contributed by atoms with van der Waals surface area (Å²) in [4.78, 5) is 4.48. The van der Waals surface area contributed by atoms with Gasteiger partial charge in [-0.3, -0.25) is 0 Å². The van der Waals surface area contributed by atoms with E-state index in [4.69, 9.17) is 6.42 Å². The summed E-state index contributed by atoms with van der Waals surface area (Å²) in [5.41, 5.74) is 0. The molecule has 0 unspecified atom stereocenters. The third kappa shape index (κ3) is 7.03. The summed E-state index contributed by atoms with van der Waals surface area (Å²) in [6.07, 6.45) is 10.8. The Morgan fingerprint density at radius 3 is 3.00 bits per heavy atom. The van der Waals surface area contributed by atoms with Crippen molar-refractivity contribution in [3.63, 3.8) is 0 Å². The van der Waals surface area contributed by atoms with Crippen LogP contribution in [0.4, 0.5) is 0 Å². The molecule has 0 bridgehead atoms. The van der Waals surface area contributed by atoms with E-state index in [1.165, 1.54) is 7.11 Å². The number of nitrogens with zero attached hydrogens (tertiary/aromatic N) is 1. The van der Waals surface area contributed by atoms with Crippen molar-refractivity contribution in [3.05, 3.63) is 0 Å². The third-order valence-corrected chi connectivity index (χ3v) is 1.08. The smallest absolute Gasteiger partial charge is 0.106 e. The number of unbranched alkanes of at least 4 members (excludes halogenated alkanes) is 3. The second-order valence-electron chi connectivity index (χ2n) is 1.92. The molecular formula is C8H13NO. The van der Waals surface area contributed by atoms with E-state index in [0.29, 0.717) is 0 Å². The van der Waals surface area contributed by atoms with Crippen molar-refractivity contribution in [2.45, 2.75) is 25.7 Å². The Labute approximate surface area is 62.3 Å². The molecule has 0 radical (unpaired) electrons. The summed E-state index contributed by atoms with van der Waals surface area (Å²) in [6.45, 7) is 0. The van der Waals surface area contributed by atoms with Gasteiger partial charge >= 0.3 is 0 Å². The molecule has 0 aliphatic carbocycles. The van der Waals surface area contributed by atoms with Gasteiger partial charge < -0.3 is 4.84 Å². The van der Waals surface area contributed by atoms with Gasteiger partial charge in [-0.2, -0.15) is 0 Å². The molecular weight excluding hydrogens is 126 g/mol. The highest BCUT2D eigenvalue weighted by molar-refractivity contribution is 5.55. The summed E-state index contributed by atoms with van der Waals surface area (Å²) < 4.78 is 0. The molecule has 0 saturated heterocycles. The minimum atomic E-state index is 0.862. The fourth-order valence-electron chi connectivity index (χ4n) is 0.590. The predicted molar refractivity (Wildman–Crippen MR) is 42.8 cm³/mol. The van der Waals surface area contributed by atoms with Gasteiger partial charge in [0.15, 0.2) is 0 Å². The van der Waals surface area contributed by atoms with Crippen LogP contribution in [0.1, 0.15) is 25.7 Å². The van der Waals surface area contributed by atoms with Gasteiger partial charge in [0.1, 0.15) is 7.11 Å². The minimum absolute atomic E-state index is 0.862. The second-order valence-corrected chi connectivity index (χ2v) is 1.92. The molecule has 0 heterocycles. The van der Waals surface area contributed by atoms with Gasteiger partial charge in [-0.1, -0.05) is 5.16 Å². The van der Waals surface area contributed by atoms with Crippen molar-refractivity contribution in [1.29, 1.82) is 0 Å². The van der Waals surface area contributed by atoms with Crippen LogP contribution in [-0.4, -0.2) is 13.3 Å². The first-order valence-electron chi connectivity index (χ1n) is 3.40. The van der Waals surface area contributed by atoms with E-state index >= 15 is 0 Å². The Bertz CT molecular complexity index is 124. The van der Waals surface area contributed by atoms with Crippen molar-refractivity contribution >= 4 is 6.21 Å². The second kappa shape index (κ2) is 8.03. The van der Waals surface area contributed by atoms with Crippen molar-refractivity contribution in [2.75, 3.05) is 7.11 Å². The van der Waals surface area contributed by atoms with Gasteiger partial charge in [0.2, 0.25) is 0 Å². The summed E-state index contributed by atoms with van der Waals surface area (Å²) in [6, 6.07) is 0. The normalized spacial score (nSPS) is 9.60. The highest BCUT2D eigenvalue weighted by Gasteiger charge is 1.82. The highest BCUT2D eigenvalue weighted by atomic mass is 16.6. The molecule has 0 amide bonds. The maximum Gasteiger partial charge on any atom is 0.106 e. The average molecular weight is 139 g/mol. The number of oxime groups is 1. The van der Waals surface area contributed by atoms with Crippen LogP contribution in [0.5, 0.6) is 0 Å². The molecule has 0 spiro atoms. The van der Waals surface area contributed by atoms with Crippen molar-refractivity contribution < 1.29 is 4.84 Å². The molecule has 0 atom stereocenters. The van der Waals surface area contributed by atoms with Crippen LogP contribution >= 0.6 is 0 Å². The zero-order valence-electron chi connectivity index (χ0n) is 6.34. The Morgan fingerprint density at radius 2 is 2.40 bits per heavy atom. The van der Waals surface area contributed by atoms with E-state index < -0.39 is 0 Å². The number of hydrogen-bond acceptors (Lipinski definition) is 2. The molecule has 0 aliphatic heterocycles. The standard InChI is InChI=1S/C8H13NO/c1-3-4-5-6-7-8-9-10-2/h1,8H,4-7H2,2H3/b9-8+. The number of rotatable bonds is 5. The van der Waals surface area contributed by atoms with Crippen LogP contribution in [0.3, 0.4) is 0 Å². The lowest BCUT2D eigenvalue weighted by molar-refractivity contribution is 0.214. The Hall–Kier alpha value is -0.970. The SMILES string of the molecule is C#CCCCC/C=N/OC. The lowest BCUT2D eigenvalue weighted by Crippen LogP contribution is -1.78. The first kappa shape index (κ1) is 9.03. The van der Waals surface area contributed by atoms with Gasteiger partial charge in [0.05, 0.1) is 0 Å². The van der Waals surface area contributed by atoms with Gasteiger partial charge in [0.25, 0.3) is 0 Å². The largest absolute Gasteiger partial charge is 0.399 e. The topological polar surface area (TPSA) is 21.6 Å². The summed E-state index contributed by atoms with van der Waals surface area (Å²) >= 11 is 0. The van der Waals surface area contributed by atoms with Gasteiger partial charge in [-0.25, -0.2) is 0 Å². The third-order valence-electron chi connectivity index (χ3n) is 1.08. The molecule has 0 fully saturated rings. The van der Waals surface area contributed by atoms with Gasteiger partial charge in [-0.05, 0) is 19.3 Å². The van der Waals surface area contributed by atoms with Crippen LogP contribution < -0.4 is 0 Å². The fraction of sp³-hybridized carbons (Fsp3) is 0.625. The maximum absolute atomic E-state index is 5.06. The lowest BCUT2D eigenvalue weighted by atomic mass is 10.2. The molecule has 2 heteroatoms. The molecule has 0 N–H and O–H groups in total. The average Bonchev–Trinajstić information content (AvgIpc) is 1.97. The maximum atomic E-state index is 5.06. The quantitative estimate of drug-likeness (QED) is 0.246. The lowest BCUT2D eigenvalue weighted by Gasteiger charge is -1.89. The first-order valence-corrected chi connectivity index (χ1v) is 3.40. The van der Waals surface area contributed by atoms with E-state index in [-0.39, 0.29) is 0 Å². The highest BCUT2D eigenvalue weighted by Crippen LogP contribution is 1.95. The van der Waals surface area contributed by atoms with Gasteiger partial charge in [0, 0.05) is 12.6 Å². The summed E-state index contributed by atoms with van der Waals surface area (Å²) in [5.74, 6) is 2.58. The van der Waals surface area contributed by atoms with Crippen molar-refractivity contribution in [2.24, 2.45) is 5.16 Å². The van der Waals surface area contributed by atoms with E-state index in [1.54, 1.807) is 6.21 Å². The van der Waals surface area contributed by atoms with E-state index in [9.17, 15) is 0 Å². The minimum Gasteiger partial charge on any atom is -0.399 e. The predicted octanol–water partition coefficient (Wildman–Crippen LogP) is 1.81. The zero-order valence-corrected chi connectivity index (χ0v) is 6.34. The monoisotopic (exact) mass is 139 g/mol. The molecule has 56 valence electrons. The molecule has 2 nitrogen and oxygen atoms in total. The molecule has 0 aliphatic rings. The van der Waals surface area contributed by atoms with Crippen LogP contribution in [0.2, 0.25) is 0 Å². The summed E-state index contributed by atoms with van der Waals surface area (Å²) in [7, 11) is 1.54. The molecule has 0 aromatic rings. The molecule has 0 saturated carbocycles. The van der Waals surface area contributed by atoms with Crippen molar-refractivity contribution in [1.82, 2.24) is 0 Å². The Balaban J connectivity index is 2.92. The number of terminal acetylenes is 1. The van der Waals surface area contributed by atoms with Crippen LogP contribution in [0.15, 0.2) is 5.16 Å². The van der Waals surface area contributed by atoms with Crippen LogP contribution in [-0.2, 0) is 4.84 Å². The van der Waals surface area contributed by atoms with Crippen LogP contribution in [0, 0.1) is 12.3 Å². The zero-order chi connectivity index (χ0) is 7.66.